The SMILES string of the molecule is C=CCC.COC. The number of ether oxygens (including phenoxy) is 1. The van der Waals surface area contributed by atoms with E-state index in [1.165, 1.54) is 0 Å². The van der Waals surface area contributed by atoms with Crippen LogP contribution in [0.25, 0.3) is 0 Å². The number of hydrogen-bond acceptors (Lipinski definition) is 1. The van der Waals surface area contributed by atoms with Crippen LogP contribution in [0.4, 0.5) is 0 Å². The second-order valence-corrected chi connectivity index (χ2v) is 1.11. The van der Waals surface area contributed by atoms with E-state index in [2.05, 4.69) is 18.2 Å². The first-order chi connectivity index (χ1) is 3.33. The minimum Gasteiger partial charge on any atom is -0.388 e. The van der Waals surface area contributed by atoms with Gasteiger partial charge in [-0.05, 0) is 6.42 Å². The second-order valence-electron chi connectivity index (χ2n) is 1.11. The molecule has 0 atom stereocenters. The van der Waals surface area contributed by atoms with Crippen molar-refractivity contribution in [1.29, 1.82) is 0 Å². The lowest BCUT2D eigenvalue weighted by atomic mass is 10.5. The average Bonchev–Trinajstić information content (AvgIpc) is 1.69. The fourth-order valence-electron chi connectivity index (χ4n) is 0. The Morgan fingerprint density at radius 2 is 1.71 bits per heavy atom. The summed E-state index contributed by atoms with van der Waals surface area (Å²) in [4.78, 5) is 0. The van der Waals surface area contributed by atoms with E-state index in [1.807, 2.05) is 6.08 Å². The van der Waals surface area contributed by atoms with Crippen molar-refractivity contribution >= 4 is 0 Å². The van der Waals surface area contributed by atoms with E-state index in [9.17, 15) is 0 Å². The Morgan fingerprint density at radius 3 is 1.71 bits per heavy atom. The summed E-state index contributed by atoms with van der Waals surface area (Å²) in [5.74, 6) is 0. The average molecular weight is 102 g/mol. The Morgan fingerprint density at radius 1 is 1.57 bits per heavy atom. The summed E-state index contributed by atoms with van der Waals surface area (Å²) in [7, 11) is 3.25. The van der Waals surface area contributed by atoms with Gasteiger partial charge in [0.15, 0.2) is 0 Å². The second kappa shape index (κ2) is 17.3. The van der Waals surface area contributed by atoms with Crippen LogP contribution in [0.15, 0.2) is 12.7 Å². The minimum absolute atomic E-state index is 1.08. The molecule has 0 aromatic heterocycles. The molecule has 1 nitrogen and oxygen atoms in total. The molecule has 0 aliphatic carbocycles. The van der Waals surface area contributed by atoms with Crippen LogP contribution in [0.2, 0.25) is 0 Å². The lowest BCUT2D eigenvalue weighted by Gasteiger charge is -1.61. The summed E-state index contributed by atoms with van der Waals surface area (Å²) in [5.41, 5.74) is 0. The van der Waals surface area contributed by atoms with Crippen molar-refractivity contribution in [1.82, 2.24) is 0 Å². The maximum atomic E-state index is 4.25. The molecule has 0 amide bonds. The van der Waals surface area contributed by atoms with E-state index in [0.717, 1.165) is 6.42 Å². The van der Waals surface area contributed by atoms with Gasteiger partial charge >= 0.3 is 0 Å². The molecule has 0 unspecified atom stereocenters. The predicted octanol–water partition coefficient (Wildman–Crippen LogP) is 1.84. The molecular weight excluding hydrogens is 88.1 g/mol. The van der Waals surface area contributed by atoms with Gasteiger partial charge in [-0.2, -0.15) is 0 Å². The summed E-state index contributed by atoms with van der Waals surface area (Å²) in [5, 5.41) is 0. The molecule has 0 bridgehead atoms. The molecule has 0 saturated carbocycles. The van der Waals surface area contributed by atoms with Crippen molar-refractivity contribution in [2.24, 2.45) is 0 Å². The molecule has 0 heterocycles. The van der Waals surface area contributed by atoms with Gasteiger partial charge < -0.3 is 4.74 Å². The molecule has 0 aromatic rings. The number of methoxy groups -OCH3 is 1. The molecule has 0 rings (SSSR count). The lowest BCUT2D eigenvalue weighted by Crippen LogP contribution is -1.55. The summed E-state index contributed by atoms with van der Waals surface area (Å²) in [6.45, 7) is 5.54. The van der Waals surface area contributed by atoms with E-state index < -0.39 is 0 Å². The van der Waals surface area contributed by atoms with Gasteiger partial charge in [-0.25, -0.2) is 0 Å². The summed E-state index contributed by atoms with van der Waals surface area (Å²) < 4.78 is 4.25. The van der Waals surface area contributed by atoms with E-state index >= 15 is 0 Å². The highest BCUT2D eigenvalue weighted by atomic mass is 16.4. The molecule has 0 aliphatic rings. The highest BCUT2D eigenvalue weighted by molar-refractivity contribution is 4.60. The Kier molecular flexibility index (Phi) is 24.3. The first kappa shape index (κ1) is 9.85. The van der Waals surface area contributed by atoms with Crippen LogP contribution < -0.4 is 0 Å². The third-order valence-electron chi connectivity index (χ3n) is 0.289. The topological polar surface area (TPSA) is 9.23 Å². The van der Waals surface area contributed by atoms with Gasteiger partial charge in [0.2, 0.25) is 0 Å². The van der Waals surface area contributed by atoms with Crippen LogP contribution in [-0.4, -0.2) is 14.2 Å². The minimum atomic E-state index is 1.08. The summed E-state index contributed by atoms with van der Waals surface area (Å²) in [6, 6.07) is 0. The Hall–Kier alpha value is -0.300. The summed E-state index contributed by atoms with van der Waals surface area (Å²) in [6.07, 6.45) is 2.96. The van der Waals surface area contributed by atoms with Crippen molar-refractivity contribution in [3.05, 3.63) is 12.7 Å². The van der Waals surface area contributed by atoms with Crippen LogP contribution in [0, 0.1) is 0 Å². The van der Waals surface area contributed by atoms with Crippen LogP contribution in [0.3, 0.4) is 0 Å². The molecule has 1 heteroatoms. The lowest BCUT2D eigenvalue weighted by molar-refractivity contribution is 0.277. The van der Waals surface area contributed by atoms with Gasteiger partial charge in [0.1, 0.15) is 0 Å². The fraction of sp³-hybridized carbons (Fsp3) is 0.667. The fourth-order valence-corrected chi connectivity index (χ4v) is 0. The summed E-state index contributed by atoms with van der Waals surface area (Å²) >= 11 is 0. The molecule has 0 spiro atoms. The van der Waals surface area contributed by atoms with Gasteiger partial charge in [0.05, 0.1) is 0 Å². The van der Waals surface area contributed by atoms with Crippen molar-refractivity contribution in [2.75, 3.05) is 14.2 Å². The molecule has 0 radical (unpaired) electrons. The monoisotopic (exact) mass is 102 g/mol. The molecular formula is C6H14O. The Bertz CT molecular complexity index is 25.4. The quantitative estimate of drug-likeness (QED) is 0.459. The zero-order chi connectivity index (χ0) is 6.12. The Labute approximate surface area is 46.0 Å². The van der Waals surface area contributed by atoms with Gasteiger partial charge in [-0.3, -0.25) is 0 Å². The molecule has 0 aromatic carbocycles. The van der Waals surface area contributed by atoms with E-state index in [4.69, 9.17) is 0 Å². The number of hydrogen-bond donors (Lipinski definition) is 0. The highest BCUT2D eigenvalue weighted by Crippen LogP contribution is 1.66. The van der Waals surface area contributed by atoms with E-state index in [0.29, 0.717) is 0 Å². The van der Waals surface area contributed by atoms with Gasteiger partial charge in [0.25, 0.3) is 0 Å². The molecule has 0 fully saturated rings. The molecule has 0 saturated heterocycles. The normalized spacial score (nSPS) is 6.14. The molecule has 0 aliphatic heterocycles. The zero-order valence-electron chi connectivity index (χ0n) is 5.40. The van der Waals surface area contributed by atoms with Crippen LogP contribution in [0.5, 0.6) is 0 Å². The largest absolute Gasteiger partial charge is 0.388 e. The Balaban J connectivity index is 0. The molecule has 0 N–H and O–H groups in total. The zero-order valence-corrected chi connectivity index (χ0v) is 5.40. The smallest absolute Gasteiger partial charge is 0.0351 e. The maximum Gasteiger partial charge on any atom is 0.0351 e. The maximum absolute atomic E-state index is 4.25. The van der Waals surface area contributed by atoms with Crippen molar-refractivity contribution in [3.8, 4) is 0 Å². The van der Waals surface area contributed by atoms with Crippen LogP contribution in [-0.2, 0) is 4.74 Å². The third-order valence-corrected chi connectivity index (χ3v) is 0.289. The van der Waals surface area contributed by atoms with Gasteiger partial charge in [-0.15, -0.1) is 6.58 Å². The highest BCUT2D eigenvalue weighted by Gasteiger charge is 1.45. The first-order valence-electron chi connectivity index (χ1n) is 2.34. The molecule has 44 valence electrons. The van der Waals surface area contributed by atoms with E-state index in [-0.39, 0.29) is 0 Å². The van der Waals surface area contributed by atoms with Crippen molar-refractivity contribution in [2.45, 2.75) is 13.3 Å². The number of allylic oxidation sites excluding steroid dienone is 1. The standard InChI is InChI=1S/C4H8.C2H6O/c1-3-4-2;1-3-2/h3H,1,4H2,2H3;1-2H3. The van der Waals surface area contributed by atoms with Gasteiger partial charge in [0, 0.05) is 14.2 Å². The van der Waals surface area contributed by atoms with E-state index in [1.54, 1.807) is 14.2 Å². The van der Waals surface area contributed by atoms with Crippen LogP contribution >= 0.6 is 0 Å². The van der Waals surface area contributed by atoms with Crippen molar-refractivity contribution in [3.63, 3.8) is 0 Å². The van der Waals surface area contributed by atoms with Crippen molar-refractivity contribution < 1.29 is 4.74 Å². The van der Waals surface area contributed by atoms with Gasteiger partial charge in [-0.1, -0.05) is 13.0 Å². The number of rotatable bonds is 1. The predicted molar refractivity (Wildman–Crippen MR) is 33.4 cm³/mol. The third kappa shape index (κ3) is 159. The first-order valence-corrected chi connectivity index (χ1v) is 2.34. The van der Waals surface area contributed by atoms with Crippen LogP contribution in [0.1, 0.15) is 13.3 Å². The molecule has 7 heavy (non-hydrogen) atoms.